The summed E-state index contributed by atoms with van der Waals surface area (Å²) in [7, 11) is 0. The monoisotopic (exact) mass is 296 g/mol. The molecule has 0 saturated carbocycles. The Hall–Kier alpha value is -1.60. The summed E-state index contributed by atoms with van der Waals surface area (Å²) in [5, 5.41) is 6.85. The lowest BCUT2D eigenvalue weighted by atomic mass is 10.1. The summed E-state index contributed by atoms with van der Waals surface area (Å²) in [5.74, 6) is -0.301. The van der Waals surface area contributed by atoms with Gasteiger partial charge in [-0.2, -0.15) is 0 Å². The molecule has 1 aromatic heterocycles. The fourth-order valence-electron chi connectivity index (χ4n) is 1.92. The number of nitrogens with two attached hydrogens (primary N) is 1. The first kappa shape index (κ1) is 14.8. The van der Waals surface area contributed by atoms with Gasteiger partial charge in [-0.15, -0.1) is 5.10 Å². The highest BCUT2D eigenvalue weighted by molar-refractivity contribution is 7.99. The lowest BCUT2D eigenvalue weighted by Crippen LogP contribution is -2.20. The van der Waals surface area contributed by atoms with Crippen LogP contribution in [0.3, 0.4) is 0 Å². The van der Waals surface area contributed by atoms with Crippen molar-refractivity contribution < 1.29 is 4.39 Å². The van der Waals surface area contributed by atoms with E-state index in [2.05, 4.69) is 10.2 Å². The van der Waals surface area contributed by atoms with Crippen LogP contribution in [-0.2, 0) is 0 Å². The van der Waals surface area contributed by atoms with Crippen molar-refractivity contribution in [1.29, 1.82) is 0 Å². The van der Waals surface area contributed by atoms with E-state index in [0.29, 0.717) is 11.7 Å². The van der Waals surface area contributed by atoms with E-state index in [1.807, 2.05) is 19.9 Å². The second-order valence-electron chi connectivity index (χ2n) is 4.67. The Labute approximate surface area is 120 Å². The quantitative estimate of drug-likeness (QED) is 0.828. The number of aromatic amines is 1. The van der Waals surface area contributed by atoms with Crippen molar-refractivity contribution in [3.05, 3.63) is 46.1 Å². The van der Waals surface area contributed by atoms with Crippen molar-refractivity contribution in [3.63, 3.8) is 0 Å². The van der Waals surface area contributed by atoms with Crippen LogP contribution in [0.15, 0.2) is 34.2 Å². The van der Waals surface area contributed by atoms with E-state index in [0.717, 1.165) is 5.56 Å². The molecule has 7 heteroatoms. The van der Waals surface area contributed by atoms with E-state index in [4.69, 9.17) is 5.73 Å². The number of benzene rings is 1. The van der Waals surface area contributed by atoms with E-state index >= 15 is 0 Å². The molecule has 0 aliphatic rings. The summed E-state index contributed by atoms with van der Waals surface area (Å²) in [5.41, 5.74) is 6.30. The number of halogens is 1. The second-order valence-corrected chi connectivity index (χ2v) is 5.84. The van der Waals surface area contributed by atoms with Gasteiger partial charge in [0.25, 0.3) is 0 Å². The summed E-state index contributed by atoms with van der Waals surface area (Å²) in [6.07, 6.45) is 0. The zero-order chi connectivity index (χ0) is 14.7. The highest BCUT2D eigenvalue weighted by atomic mass is 32.2. The summed E-state index contributed by atoms with van der Waals surface area (Å²) in [6, 6.07) is 6.30. The zero-order valence-corrected chi connectivity index (χ0v) is 12.2. The van der Waals surface area contributed by atoms with Crippen LogP contribution in [0.5, 0.6) is 0 Å². The fraction of sp³-hybridized carbons (Fsp3) is 0.385. The molecule has 0 aliphatic carbocycles. The van der Waals surface area contributed by atoms with Gasteiger partial charge in [-0.25, -0.2) is 14.3 Å². The topological polar surface area (TPSA) is 76.7 Å². The van der Waals surface area contributed by atoms with E-state index in [9.17, 15) is 9.18 Å². The van der Waals surface area contributed by atoms with Gasteiger partial charge in [-0.05, 0) is 31.5 Å². The number of H-pyrrole nitrogens is 1. The molecule has 0 saturated heterocycles. The van der Waals surface area contributed by atoms with Crippen molar-refractivity contribution in [2.24, 2.45) is 5.73 Å². The number of aromatic nitrogens is 3. The second kappa shape index (κ2) is 6.23. The molecule has 1 heterocycles. The number of rotatable bonds is 5. The lowest BCUT2D eigenvalue weighted by molar-refractivity contribution is 0.533. The molecule has 0 amide bonds. The first-order valence-corrected chi connectivity index (χ1v) is 7.20. The molecular weight excluding hydrogens is 279 g/mol. The number of hydrogen-bond acceptors (Lipinski definition) is 4. The van der Waals surface area contributed by atoms with Crippen LogP contribution >= 0.6 is 11.8 Å². The van der Waals surface area contributed by atoms with E-state index < -0.39 is 0 Å². The standard InChI is InChI=1S/C13H17FN4OS/c1-8(2)18-12(19)16-17-13(18)20-11(7-15)9-4-3-5-10(14)6-9/h3-6,8,11H,7,15H2,1-2H3,(H,16,19). The van der Waals surface area contributed by atoms with Crippen LogP contribution in [-0.4, -0.2) is 21.3 Å². The predicted octanol–water partition coefficient (Wildman–Crippen LogP) is 2.08. The van der Waals surface area contributed by atoms with Gasteiger partial charge in [-0.3, -0.25) is 4.57 Å². The molecule has 0 spiro atoms. The molecule has 108 valence electrons. The molecule has 2 rings (SSSR count). The first-order valence-electron chi connectivity index (χ1n) is 6.32. The lowest BCUT2D eigenvalue weighted by Gasteiger charge is -2.16. The first-order chi connectivity index (χ1) is 9.52. The summed E-state index contributed by atoms with van der Waals surface area (Å²) >= 11 is 1.36. The molecule has 20 heavy (non-hydrogen) atoms. The van der Waals surface area contributed by atoms with Crippen LogP contribution in [0, 0.1) is 5.82 Å². The molecule has 0 radical (unpaired) electrons. The summed E-state index contributed by atoms with van der Waals surface area (Å²) < 4.78 is 14.8. The van der Waals surface area contributed by atoms with Crippen molar-refractivity contribution in [2.45, 2.75) is 30.3 Å². The summed E-state index contributed by atoms with van der Waals surface area (Å²) in [4.78, 5) is 11.7. The van der Waals surface area contributed by atoms with Crippen molar-refractivity contribution in [2.75, 3.05) is 6.54 Å². The molecule has 0 bridgehead atoms. The SMILES string of the molecule is CC(C)n1c(SC(CN)c2cccc(F)c2)n[nH]c1=O. The smallest absolute Gasteiger partial charge is 0.329 e. The van der Waals surface area contributed by atoms with Crippen LogP contribution in [0.2, 0.25) is 0 Å². The van der Waals surface area contributed by atoms with E-state index in [-0.39, 0.29) is 22.8 Å². The average molecular weight is 296 g/mol. The van der Waals surface area contributed by atoms with E-state index in [1.165, 1.54) is 23.9 Å². The molecule has 1 atom stereocenters. The molecule has 0 fully saturated rings. The van der Waals surface area contributed by atoms with Gasteiger partial charge in [0.15, 0.2) is 5.16 Å². The Bertz CT molecular complexity index is 637. The van der Waals surface area contributed by atoms with Gasteiger partial charge >= 0.3 is 5.69 Å². The van der Waals surface area contributed by atoms with Gasteiger partial charge < -0.3 is 5.73 Å². The molecule has 2 aromatic rings. The zero-order valence-electron chi connectivity index (χ0n) is 11.3. The molecule has 1 unspecified atom stereocenters. The third-order valence-corrected chi connectivity index (χ3v) is 4.12. The van der Waals surface area contributed by atoms with E-state index in [1.54, 1.807) is 10.6 Å². The van der Waals surface area contributed by atoms with Crippen molar-refractivity contribution >= 4 is 11.8 Å². The fourth-order valence-corrected chi connectivity index (χ4v) is 3.05. The molecule has 0 aliphatic heterocycles. The minimum atomic E-state index is -0.301. The maximum absolute atomic E-state index is 13.3. The largest absolute Gasteiger partial charge is 0.344 e. The maximum Gasteiger partial charge on any atom is 0.344 e. The van der Waals surface area contributed by atoms with Gasteiger partial charge in [0.1, 0.15) is 5.82 Å². The Kier molecular flexibility index (Phi) is 4.61. The molecule has 1 aromatic carbocycles. The van der Waals surface area contributed by atoms with Crippen LogP contribution < -0.4 is 11.4 Å². The number of hydrogen-bond donors (Lipinski definition) is 2. The normalized spacial score (nSPS) is 12.8. The Morgan fingerprint density at radius 3 is 2.85 bits per heavy atom. The Balaban J connectivity index is 2.29. The van der Waals surface area contributed by atoms with Crippen LogP contribution in [0.25, 0.3) is 0 Å². The minimum Gasteiger partial charge on any atom is -0.329 e. The number of nitrogens with zero attached hydrogens (tertiary/aromatic N) is 2. The van der Waals surface area contributed by atoms with Gasteiger partial charge in [0, 0.05) is 17.8 Å². The average Bonchev–Trinajstić information content (AvgIpc) is 2.77. The number of thioether (sulfide) groups is 1. The molecular formula is C13H17FN4OS. The van der Waals surface area contributed by atoms with Crippen LogP contribution in [0.4, 0.5) is 4.39 Å². The third kappa shape index (κ3) is 3.10. The van der Waals surface area contributed by atoms with Gasteiger partial charge in [0.2, 0.25) is 0 Å². The number of nitrogens with one attached hydrogen (secondary N) is 1. The third-order valence-electron chi connectivity index (χ3n) is 2.87. The Morgan fingerprint density at radius 1 is 1.50 bits per heavy atom. The minimum absolute atomic E-state index is 0.00492. The Morgan fingerprint density at radius 2 is 2.25 bits per heavy atom. The highest BCUT2D eigenvalue weighted by Crippen LogP contribution is 2.33. The van der Waals surface area contributed by atoms with Gasteiger partial charge in [-0.1, -0.05) is 23.9 Å². The summed E-state index contributed by atoms with van der Waals surface area (Å²) in [6.45, 7) is 4.13. The van der Waals surface area contributed by atoms with Gasteiger partial charge in [0.05, 0.1) is 0 Å². The van der Waals surface area contributed by atoms with Crippen molar-refractivity contribution in [1.82, 2.24) is 14.8 Å². The highest BCUT2D eigenvalue weighted by Gasteiger charge is 2.18. The molecule has 3 N–H and O–H groups in total. The predicted molar refractivity (Wildman–Crippen MR) is 77.3 cm³/mol. The van der Waals surface area contributed by atoms with Crippen LogP contribution in [0.1, 0.15) is 30.7 Å². The maximum atomic E-state index is 13.3. The van der Waals surface area contributed by atoms with Crippen molar-refractivity contribution in [3.8, 4) is 0 Å². The molecule has 5 nitrogen and oxygen atoms in total.